The number of rotatable bonds is 5. The van der Waals surface area contributed by atoms with E-state index in [9.17, 15) is 4.79 Å². The van der Waals surface area contributed by atoms with Gasteiger partial charge in [-0.3, -0.25) is 0 Å². The number of carboxylic acids is 1. The van der Waals surface area contributed by atoms with E-state index in [1.165, 1.54) is 0 Å². The van der Waals surface area contributed by atoms with Crippen molar-refractivity contribution in [2.75, 3.05) is 0 Å². The number of carbonyl (C=O) groups is 1. The van der Waals surface area contributed by atoms with Crippen LogP contribution in [0.3, 0.4) is 0 Å². The predicted octanol–water partition coefficient (Wildman–Crippen LogP) is -0.798. The minimum absolute atomic E-state index is 0.107. The lowest BCUT2D eigenvalue weighted by molar-refractivity contribution is -0.143. The topological polar surface area (TPSA) is 115 Å². The lowest BCUT2D eigenvalue weighted by atomic mass is 9.99. The summed E-state index contributed by atoms with van der Waals surface area (Å²) in [5.41, 5.74) is 14.5. The molecule has 0 saturated heterocycles. The Labute approximate surface area is 71.9 Å². The molecule has 5 nitrogen and oxygen atoms in total. The molecular formula is C7H17N3O2. The molecule has 0 aromatic carbocycles. The monoisotopic (exact) mass is 175 g/mol. The van der Waals surface area contributed by atoms with E-state index in [1.54, 1.807) is 0 Å². The number of nitrogens with two attached hydrogens (primary N) is 3. The van der Waals surface area contributed by atoms with Crippen LogP contribution in [-0.4, -0.2) is 22.8 Å². The second-order valence-corrected chi connectivity index (χ2v) is 3.10. The van der Waals surface area contributed by atoms with Crippen LogP contribution in [0.1, 0.15) is 26.2 Å². The Morgan fingerprint density at radius 2 is 2.08 bits per heavy atom. The van der Waals surface area contributed by atoms with Gasteiger partial charge < -0.3 is 22.3 Å². The van der Waals surface area contributed by atoms with Gasteiger partial charge in [-0.2, -0.15) is 0 Å². The van der Waals surface area contributed by atoms with Crippen LogP contribution in [0.15, 0.2) is 0 Å². The quantitative estimate of drug-likeness (QED) is 0.408. The highest BCUT2D eigenvalue weighted by atomic mass is 16.4. The van der Waals surface area contributed by atoms with E-state index in [4.69, 9.17) is 22.3 Å². The second kappa shape index (κ2) is 4.39. The molecule has 0 aliphatic rings. The predicted molar refractivity (Wildman–Crippen MR) is 46.2 cm³/mol. The fraction of sp³-hybridized carbons (Fsp3) is 0.857. The third-order valence-electron chi connectivity index (χ3n) is 1.66. The van der Waals surface area contributed by atoms with Crippen LogP contribution in [0.4, 0.5) is 0 Å². The van der Waals surface area contributed by atoms with Gasteiger partial charge in [0.25, 0.3) is 0 Å². The Morgan fingerprint density at radius 1 is 1.58 bits per heavy atom. The fourth-order valence-electron chi connectivity index (χ4n) is 0.994. The second-order valence-electron chi connectivity index (χ2n) is 3.10. The first kappa shape index (κ1) is 11.4. The van der Waals surface area contributed by atoms with Crippen molar-refractivity contribution in [1.82, 2.24) is 0 Å². The molecule has 1 atom stereocenters. The summed E-state index contributed by atoms with van der Waals surface area (Å²) in [7, 11) is 0. The van der Waals surface area contributed by atoms with Gasteiger partial charge in [0.2, 0.25) is 0 Å². The number of carboxylic acid groups (broad SMARTS) is 1. The van der Waals surface area contributed by atoms with Gasteiger partial charge in [0, 0.05) is 12.5 Å². The average Bonchev–Trinajstić information content (AvgIpc) is 1.85. The van der Waals surface area contributed by atoms with E-state index in [2.05, 4.69) is 0 Å². The Balaban J connectivity index is 3.96. The first-order valence-electron chi connectivity index (χ1n) is 3.97. The van der Waals surface area contributed by atoms with Crippen LogP contribution < -0.4 is 17.2 Å². The van der Waals surface area contributed by atoms with Crippen LogP contribution in [0.25, 0.3) is 0 Å². The first-order valence-corrected chi connectivity index (χ1v) is 3.97. The Morgan fingerprint density at radius 3 is 2.42 bits per heavy atom. The molecule has 0 aromatic rings. The highest BCUT2D eigenvalue weighted by Crippen LogP contribution is 2.06. The SMILES string of the molecule is CCCC(N)CC(N)(N)C(=O)O. The van der Waals surface area contributed by atoms with Crippen molar-refractivity contribution in [1.29, 1.82) is 0 Å². The molecule has 7 N–H and O–H groups in total. The molecule has 0 bridgehead atoms. The summed E-state index contributed by atoms with van der Waals surface area (Å²) < 4.78 is 0. The third-order valence-corrected chi connectivity index (χ3v) is 1.66. The minimum atomic E-state index is -1.69. The summed E-state index contributed by atoms with van der Waals surface area (Å²) >= 11 is 0. The molecule has 72 valence electrons. The van der Waals surface area contributed by atoms with Crippen molar-refractivity contribution in [3.05, 3.63) is 0 Å². The highest BCUT2D eigenvalue weighted by molar-refractivity contribution is 5.77. The normalized spacial score (nSPS) is 14.3. The van der Waals surface area contributed by atoms with Gasteiger partial charge in [-0.1, -0.05) is 13.3 Å². The molecule has 0 saturated carbocycles. The summed E-state index contributed by atoms with van der Waals surface area (Å²) in [5.74, 6) is -1.21. The molecule has 0 aromatic heterocycles. The van der Waals surface area contributed by atoms with Gasteiger partial charge in [0.1, 0.15) is 0 Å². The van der Waals surface area contributed by atoms with E-state index < -0.39 is 11.6 Å². The molecule has 0 rings (SSSR count). The Kier molecular flexibility index (Phi) is 4.16. The summed E-state index contributed by atoms with van der Waals surface area (Å²) in [6, 6.07) is -0.235. The maximum absolute atomic E-state index is 10.5. The van der Waals surface area contributed by atoms with Crippen molar-refractivity contribution in [3.63, 3.8) is 0 Å². The zero-order chi connectivity index (χ0) is 9.78. The molecule has 0 aliphatic carbocycles. The summed E-state index contributed by atoms with van der Waals surface area (Å²) in [4.78, 5) is 10.5. The smallest absolute Gasteiger partial charge is 0.338 e. The van der Waals surface area contributed by atoms with Crippen LogP contribution in [-0.2, 0) is 4.79 Å². The molecule has 0 amide bonds. The van der Waals surface area contributed by atoms with Crippen molar-refractivity contribution in [3.8, 4) is 0 Å². The molecular weight excluding hydrogens is 158 g/mol. The summed E-state index contributed by atoms with van der Waals surface area (Å²) in [6.07, 6.45) is 1.75. The van der Waals surface area contributed by atoms with E-state index in [0.29, 0.717) is 0 Å². The fourth-order valence-corrected chi connectivity index (χ4v) is 0.994. The van der Waals surface area contributed by atoms with Gasteiger partial charge in [-0.05, 0) is 6.42 Å². The van der Waals surface area contributed by atoms with Crippen molar-refractivity contribution < 1.29 is 9.90 Å². The molecule has 0 spiro atoms. The zero-order valence-electron chi connectivity index (χ0n) is 7.29. The van der Waals surface area contributed by atoms with Crippen molar-refractivity contribution >= 4 is 5.97 Å². The number of aliphatic carboxylic acids is 1. The first-order chi connectivity index (χ1) is 5.40. The van der Waals surface area contributed by atoms with Gasteiger partial charge in [-0.25, -0.2) is 4.79 Å². The molecule has 0 heterocycles. The van der Waals surface area contributed by atoms with Gasteiger partial charge in [0.05, 0.1) is 0 Å². The highest BCUT2D eigenvalue weighted by Gasteiger charge is 2.30. The molecule has 5 heteroatoms. The molecule has 0 radical (unpaired) electrons. The Bertz CT molecular complexity index is 159. The molecule has 1 unspecified atom stereocenters. The number of hydrogen-bond acceptors (Lipinski definition) is 4. The molecule has 12 heavy (non-hydrogen) atoms. The van der Waals surface area contributed by atoms with Crippen LogP contribution >= 0.6 is 0 Å². The van der Waals surface area contributed by atoms with Crippen LogP contribution in [0.2, 0.25) is 0 Å². The van der Waals surface area contributed by atoms with Gasteiger partial charge in [-0.15, -0.1) is 0 Å². The van der Waals surface area contributed by atoms with Gasteiger partial charge >= 0.3 is 5.97 Å². The Hall–Kier alpha value is -0.650. The minimum Gasteiger partial charge on any atom is -0.479 e. The molecule has 0 fully saturated rings. The van der Waals surface area contributed by atoms with Crippen molar-refractivity contribution in [2.24, 2.45) is 17.2 Å². The van der Waals surface area contributed by atoms with Crippen molar-refractivity contribution in [2.45, 2.75) is 37.9 Å². The maximum atomic E-state index is 10.5. The van der Waals surface area contributed by atoms with E-state index in [-0.39, 0.29) is 12.5 Å². The molecule has 0 aliphatic heterocycles. The number of hydrogen-bond donors (Lipinski definition) is 4. The van der Waals surface area contributed by atoms with E-state index >= 15 is 0 Å². The van der Waals surface area contributed by atoms with E-state index in [1.807, 2.05) is 6.92 Å². The standard InChI is InChI=1S/C7H17N3O2/c1-2-3-5(8)4-7(9,10)6(11)12/h5H,2-4,8-10H2,1H3,(H,11,12). The lowest BCUT2D eigenvalue weighted by Crippen LogP contribution is -2.59. The lowest BCUT2D eigenvalue weighted by Gasteiger charge is -2.22. The summed E-state index contributed by atoms with van der Waals surface area (Å²) in [5, 5.41) is 8.55. The average molecular weight is 175 g/mol. The summed E-state index contributed by atoms with van der Waals surface area (Å²) in [6.45, 7) is 1.97. The largest absolute Gasteiger partial charge is 0.479 e. The van der Waals surface area contributed by atoms with Crippen LogP contribution in [0, 0.1) is 0 Å². The third kappa shape index (κ3) is 3.66. The zero-order valence-corrected chi connectivity index (χ0v) is 7.29. The van der Waals surface area contributed by atoms with Crippen LogP contribution in [0.5, 0.6) is 0 Å². The maximum Gasteiger partial charge on any atom is 0.338 e. The van der Waals surface area contributed by atoms with Gasteiger partial charge in [0.15, 0.2) is 5.66 Å². The van der Waals surface area contributed by atoms with E-state index in [0.717, 1.165) is 12.8 Å².